The molecule has 2 amide bonds. The van der Waals surface area contributed by atoms with Crippen LogP contribution in [0.25, 0.3) is 16.7 Å². The summed E-state index contributed by atoms with van der Waals surface area (Å²) in [6.45, 7) is 2.79. The van der Waals surface area contributed by atoms with Crippen molar-refractivity contribution < 1.29 is 14.7 Å². The fourth-order valence-corrected chi connectivity index (χ4v) is 5.35. The highest BCUT2D eigenvalue weighted by Crippen LogP contribution is 2.33. The van der Waals surface area contributed by atoms with Gasteiger partial charge in [-0.3, -0.25) is 19.0 Å². The Labute approximate surface area is 221 Å². The molecule has 0 spiro atoms. The average Bonchev–Trinajstić information content (AvgIpc) is 3.52. The molecule has 1 saturated carbocycles. The summed E-state index contributed by atoms with van der Waals surface area (Å²) < 4.78 is 6.74. The molecule has 0 unspecified atom stereocenters. The molecule has 13 heteroatoms. The first kappa shape index (κ1) is 24.4. The fourth-order valence-electron chi connectivity index (χ4n) is 4.80. The number of carbonyl (C=O) groups excluding carboxylic acids is 2. The molecular weight excluding hydrogens is 508 g/mol. The Morgan fingerprint density at radius 2 is 2.03 bits per heavy atom. The number of hydrogen-bond donors (Lipinski definition) is 2. The molecule has 2 N–H and O–H groups in total. The van der Waals surface area contributed by atoms with E-state index in [1.165, 1.54) is 21.8 Å². The smallest absolute Gasteiger partial charge is 0.269 e. The molecule has 38 heavy (non-hydrogen) atoms. The van der Waals surface area contributed by atoms with E-state index in [0.29, 0.717) is 58.9 Å². The minimum Gasteiger partial charge on any atom is -0.388 e. The van der Waals surface area contributed by atoms with Gasteiger partial charge in [0, 0.05) is 24.7 Å². The molecule has 0 radical (unpaired) electrons. The number of aliphatic hydroxyl groups is 1. The summed E-state index contributed by atoms with van der Waals surface area (Å²) in [6, 6.07) is 7.06. The Hall–Kier alpha value is -3.97. The van der Waals surface area contributed by atoms with Crippen molar-refractivity contribution in [3.8, 4) is 5.69 Å². The lowest BCUT2D eigenvalue weighted by molar-refractivity contribution is -0.137. The highest BCUT2D eigenvalue weighted by atomic mass is 32.1. The molecule has 2 aliphatic rings. The topological polar surface area (TPSA) is 148 Å². The fraction of sp³-hybridized carbons (Fsp3) is 0.400. The van der Waals surface area contributed by atoms with Gasteiger partial charge < -0.3 is 15.3 Å². The third kappa shape index (κ3) is 4.58. The number of rotatable bonds is 6. The van der Waals surface area contributed by atoms with Crippen molar-refractivity contribution in [2.75, 3.05) is 18.4 Å². The van der Waals surface area contributed by atoms with E-state index in [4.69, 9.17) is 0 Å². The normalized spacial score (nSPS) is 17.1. The van der Waals surface area contributed by atoms with E-state index in [1.807, 2.05) is 4.90 Å². The number of hydrogen-bond acceptors (Lipinski definition) is 9. The third-order valence-corrected chi connectivity index (χ3v) is 7.98. The average molecular weight is 535 g/mol. The number of amides is 2. The molecule has 1 aliphatic carbocycles. The SMILES string of the molecule is Cc1nnsc1C(=O)Nc1cccc(-n2ncc3c(=O)n(CC4(O)CCN(C(=O)C5CC5)CC4)cnc32)c1. The number of aromatic nitrogens is 6. The minimum absolute atomic E-state index is 0.0960. The number of piperidine rings is 1. The van der Waals surface area contributed by atoms with Crippen LogP contribution in [0.2, 0.25) is 0 Å². The van der Waals surface area contributed by atoms with Crippen LogP contribution in [0, 0.1) is 12.8 Å². The Morgan fingerprint density at radius 1 is 1.24 bits per heavy atom. The van der Waals surface area contributed by atoms with Gasteiger partial charge in [-0.25, -0.2) is 9.67 Å². The summed E-state index contributed by atoms with van der Waals surface area (Å²) in [5.41, 5.74) is 0.703. The van der Waals surface area contributed by atoms with Crippen molar-refractivity contribution in [3.63, 3.8) is 0 Å². The van der Waals surface area contributed by atoms with E-state index in [9.17, 15) is 19.5 Å². The van der Waals surface area contributed by atoms with E-state index in [1.54, 1.807) is 31.2 Å². The molecule has 4 heterocycles. The summed E-state index contributed by atoms with van der Waals surface area (Å²) in [5, 5.41) is 22.6. The van der Waals surface area contributed by atoms with Gasteiger partial charge in [-0.2, -0.15) is 5.10 Å². The molecule has 0 atom stereocenters. The summed E-state index contributed by atoms with van der Waals surface area (Å²) in [4.78, 5) is 44.9. The first-order chi connectivity index (χ1) is 18.3. The number of nitrogens with one attached hydrogen (secondary N) is 1. The maximum absolute atomic E-state index is 13.3. The van der Waals surface area contributed by atoms with E-state index >= 15 is 0 Å². The third-order valence-electron chi connectivity index (χ3n) is 7.16. The highest BCUT2D eigenvalue weighted by Gasteiger charge is 2.39. The monoisotopic (exact) mass is 534 g/mol. The van der Waals surface area contributed by atoms with Gasteiger partial charge in [-0.1, -0.05) is 10.6 Å². The van der Waals surface area contributed by atoms with Crippen molar-refractivity contribution in [1.29, 1.82) is 0 Å². The second-order valence-electron chi connectivity index (χ2n) is 9.99. The van der Waals surface area contributed by atoms with Crippen LogP contribution in [0.4, 0.5) is 5.69 Å². The summed E-state index contributed by atoms with van der Waals surface area (Å²) >= 11 is 1.03. The van der Waals surface area contributed by atoms with Crippen LogP contribution in [0.1, 0.15) is 41.0 Å². The van der Waals surface area contributed by atoms with Crippen molar-refractivity contribution in [3.05, 3.63) is 57.7 Å². The maximum atomic E-state index is 13.3. The van der Waals surface area contributed by atoms with Crippen molar-refractivity contribution in [2.45, 2.75) is 44.8 Å². The van der Waals surface area contributed by atoms with Crippen LogP contribution in [0.3, 0.4) is 0 Å². The molecule has 6 rings (SSSR count). The van der Waals surface area contributed by atoms with Crippen molar-refractivity contribution >= 4 is 40.1 Å². The Bertz CT molecular complexity index is 1600. The quantitative estimate of drug-likeness (QED) is 0.380. The number of aryl methyl sites for hydroxylation is 1. The molecule has 196 valence electrons. The molecule has 1 aliphatic heterocycles. The van der Waals surface area contributed by atoms with Crippen LogP contribution in [-0.4, -0.2) is 69.4 Å². The van der Waals surface area contributed by atoms with E-state index < -0.39 is 5.60 Å². The van der Waals surface area contributed by atoms with Gasteiger partial charge in [0.2, 0.25) is 5.91 Å². The second kappa shape index (κ2) is 9.40. The molecular formula is C25H26N8O4S. The van der Waals surface area contributed by atoms with Crippen LogP contribution in [0.15, 0.2) is 41.6 Å². The van der Waals surface area contributed by atoms with Gasteiger partial charge in [0.25, 0.3) is 11.5 Å². The Kier molecular flexibility index (Phi) is 6.03. The van der Waals surface area contributed by atoms with E-state index in [0.717, 1.165) is 24.4 Å². The number of likely N-dealkylation sites (tertiary alicyclic amines) is 1. The molecule has 3 aromatic heterocycles. The second-order valence-corrected chi connectivity index (χ2v) is 10.7. The van der Waals surface area contributed by atoms with Crippen LogP contribution < -0.4 is 10.9 Å². The maximum Gasteiger partial charge on any atom is 0.269 e. The number of benzene rings is 1. The van der Waals surface area contributed by atoms with Gasteiger partial charge in [0.05, 0.1) is 29.7 Å². The summed E-state index contributed by atoms with van der Waals surface area (Å²) in [7, 11) is 0. The van der Waals surface area contributed by atoms with Gasteiger partial charge in [0.15, 0.2) is 5.65 Å². The van der Waals surface area contributed by atoms with E-state index in [-0.39, 0.29) is 29.8 Å². The number of nitrogens with zero attached hydrogens (tertiary/aromatic N) is 7. The lowest BCUT2D eigenvalue weighted by Gasteiger charge is -2.38. The molecule has 12 nitrogen and oxygen atoms in total. The zero-order valence-corrected chi connectivity index (χ0v) is 21.5. The molecule has 1 aromatic carbocycles. The van der Waals surface area contributed by atoms with Gasteiger partial charge >= 0.3 is 0 Å². The van der Waals surface area contributed by atoms with Crippen LogP contribution >= 0.6 is 11.5 Å². The lowest BCUT2D eigenvalue weighted by atomic mass is 9.91. The van der Waals surface area contributed by atoms with Gasteiger partial charge in [0.1, 0.15) is 16.6 Å². The Balaban J connectivity index is 1.20. The Morgan fingerprint density at radius 3 is 2.74 bits per heavy atom. The minimum atomic E-state index is -1.09. The van der Waals surface area contributed by atoms with Crippen molar-refractivity contribution in [2.24, 2.45) is 5.92 Å². The first-order valence-corrected chi connectivity index (χ1v) is 13.2. The number of anilines is 1. The van der Waals surface area contributed by atoms with Crippen molar-refractivity contribution in [1.82, 2.24) is 33.8 Å². The van der Waals surface area contributed by atoms with Gasteiger partial charge in [-0.05, 0) is 62.3 Å². The lowest BCUT2D eigenvalue weighted by Crippen LogP contribution is -2.50. The number of fused-ring (bicyclic) bond motifs is 1. The highest BCUT2D eigenvalue weighted by molar-refractivity contribution is 7.08. The first-order valence-electron chi connectivity index (χ1n) is 12.5. The molecule has 4 aromatic rings. The number of carbonyl (C=O) groups is 2. The summed E-state index contributed by atoms with van der Waals surface area (Å²) in [6.07, 6.45) is 5.61. The standard InChI is InChI=1S/C25H26N8O4S/c1-15-20(38-30-29-15)22(34)28-17-3-2-4-18(11-17)33-21-19(12-27-33)24(36)32(14-26-21)13-25(37)7-9-31(10-8-25)23(35)16-5-6-16/h2-4,11-12,14,16,37H,5-10,13H2,1H3,(H,28,34). The summed E-state index contributed by atoms with van der Waals surface area (Å²) in [5.74, 6) is 0.0318. The predicted molar refractivity (Wildman–Crippen MR) is 139 cm³/mol. The van der Waals surface area contributed by atoms with E-state index in [2.05, 4.69) is 25.0 Å². The van der Waals surface area contributed by atoms with Crippen LogP contribution in [-0.2, 0) is 11.3 Å². The molecule has 1 saturated heterocycles. The largest absolute Gasteiger partial charge is 0.388 e. The zero-order chi connectivity index (χ0) is 26.4. The zero-order valence-electron chi connectivity index (χ0n) is 20.7. The predicted octanol–water partition coefficient (Wildman–Crippen LogP) is 1.76. The van der Waals surface area contributed by atoms with Crippen LogP contribution in [0.5, 0.6) is 0 Å². The molecule has 0 bridgehead atoms. The van der Waals surface area contributed by atoms with Gasteiger partial charge in [-0.15, -0.1) is 5.10 Å². The molecule has 2 fully saturated rings.